The first-order valence-corrected chi connectivity index (χ1v) is 7.65. The van der Waals surface area contributed by atoms with Gasteiger partial charge in [-0.15, -0.1) is 0 Å². The van der Waals surface area contributed by atoms with E-state index in [1.165, 1.54) is 11.0 Å². The molecule has 1 aliphatic rings. The highest BCUT2D eigenvalue weighted by Gasteiger charge is 2.27. The van der Waals surface area contributed by atoms with Crippen molar-refractivity contribution in [2.24, 2.45) is 0 Å². The summed E-state index contributed by atoms with van der Waals surface area (Å²) < 4.78 is 18.0. The number of ether oxygens (including phenoxy) is 1. The van der Waals surface area contributed by atoms with Crippen molar-refractivity contribution in [1.82, 2.24) is 0 Å². The number of amides is 2. The lowest BCUT2D eigenvalue weighted by molar-refractivity contribution is -0.124. The molecule has 1 N–H and O–H groups in total. The minimum Gasteiger partial charge on any atom is -0.452 e. The molecule has 0 saturated heterocycles. The summed E-state index contributed by atoms with van der Waals surface area (Å²) in [7, 11) is 0. The van der Waals surface area contributed by atoms with Crippen LogP contribution in [0, 0.1) is 5.82 Å². The number of hydrogen-bond acceptors (Lipinski definition) is 4. The second-order valence-corrected chi connectivity index (χ2v) is 5.65. The minimum absolute atomic E-state index is 0.0485. The molecule has 3 rings (SSSR count). The molecule has 8 heteroatoms. The van der Waals surface area contributed by atoms with Gasteiger partial charge in [0, 0.05) is 0 Å². The fraction of sp³-hybridized carbons (Fsp3) is 0.118. The smallest absolute Gasteiger partial charge is 0.340 e. The number of rotatable bonds is 3. The van der Waals surface area contributed by atoms with E-state index < -0.39 is 24.3 Å². The zero-order chi connectivity index (χ0) is 18.0. The molecule has 128 valence electrons. The fourth-order valence-electron chi connectivity index (χ4n) is 2.39. The molecule has 0 fully saturated rings. The molecule has 0 atom stereocenters. The standard InChI is InChI=1S/C17H12ClFN2O4/c18-12-7-10(19)5-6-11(12)17(24)25-9-16(23)21-8-15(22)20-13-3-1-2-4-14(13)21/h1-7H,8-9H2,(H,20,22). The van der Waals surface area contributed by atoms with E-state index >= 15 is 0 Å². The quantitative estimate of drug-likeness (QED) is 0.852. The molecule has 6 nitrogen and oxygen atoms in total. The highest BCUT2D eigenvalue weighted by Crippen LogP contribution is 2.29. The molecule has 25 heavy (non-hydrogen) atoms. The Kier molecular flexibility index (Phi) is 4.67. The predicted octanol–water partition coefficient (Wildman–Crippen LogP) is 2.62. The van der Waals surface area contributed by atoms with Crippen molar-refractivity contribution in [3.05, 3.63) is 58.9 Å². The van der Waals surface area contributed by atoms with Gasteiger partial charge in [0.15, 0.2) is 6.61 Å². The molecule has 0 aromatic heterocycles. The van der Waals surface area contributed by atoms with E-state index in [1.54, 1.807) is 24.3 Å². The van der Waals surface area contributed by atoms with Crippen LogP contribution in [0.25, 0.3) is 0 Å². The number of para-hydroxylation sites is 2. The van der Waals surface area contributed by atoms with E-state index in [9.17, 15) is 18.8 Å². The maximum atomic E-state index is 13.0. The van der Waals surface area contributed by atoms with E-state index in [2.05, 4.69) is 5.32 Å². The number of hydrogen-bond donors (Lipinski definition) is 1. The van der Waals surface area contributed by atoms with E-state index in [-0.39, 0.29) is 23.0 Å². The number of nitrogens with one attached hydrogen (secondary N) is 1. The second-order valence-electron chi connectivity index (χ2n) is 5.25. The van der Waals surface area contributed by atoms with E-state index in [1.807, 2.05) is 0 Å². The number of carbonyl (C=O) groups excluding carboxylic acids is 3. The van der Waals surface area contributed by atoms with Gasteiger partial charge in [-0.1, -0.05) is 23.7 Å². The van der Waals surface area contributed by atoms with Crippen molar-refractivity contribution in [3.8, 4) is 0 Å². The Labute approximate surface area is 147 Å². The Bertz CT molecular complexity index is 871. The zero-order valence-electron chi connectivity index (χ0n) is 12.8. The Balaban J connectivity index is 1.71. The number of esters is 1. The largest absolute Gasteiger partial charge is 0.452 e. The number of benzene rings is 2. The first-order chi connectivity index (χ1) is 12.0. The number of fused-ring (bicyclic) bond motifs is 1. The second kappa shape index (κ2) is 6.90. The molecule has 1 heterocycles. The van der Waals surface area contributed by atoms with Crippen molar-refractivity contribution in [3.63, 3.8) is 0 Å². The van der Waals surface area contributed by atoms with Gasteiger partial charge in [0.1, 0.15) is 12.4 Å². The molecule has 0 spiro atoms. The first kappa shape index (κ1) is 16.9. The monoisotopic (exact) mass is 362 g/mol. The van der Waals surface area contributed by atoms with Gasteiger partial charge in [0.05, 0.1) is 22.0 Å². The maximum Gasteiger partial charge on any atom is 0.340 e. The molecule has 2 aromatic carbocycles. The highest BCUT2D eigenvalue weighted by molar-refractivity contribution is 6.33. The lowest BCUT2D eigenvalue weighted by atomic mass is 10.2. The lowest BCUT2D eigenvalue weighted by Crippen LogP contribution is -2.44. The molecule has 0 saturated carbocycles. The summed E-state index contributed by atoms with van der Waals surface area (Å²) >= 11 is 5.79. The van der Waals surface area contributed by atoms with E-state index in [0.717, 1.165) is 12.1 Å². The normalized spacial score (nSPS) is 13.0. The SMILES string of the molecule is O=C1CN(C(=O)COC(=O)c2ccc(F)cc2Cl)c2ccccc2N1. The molecule has 1 aliphatic heterocycles. The lowest BCUT2D eigenvalue weighted by Gasteiger charge is -2.28. The molecular weight excluding hydrogens is 351 g/mol. The molecule has 2 aromatic rings. The summed E-state index contributed by atoms with van der Waals surface area (Å²) in [6.45, 7) is -0.751. The fourth-order valence-corrected chi connectivity index (χ4v) is 2.64. The van der Waals surface area contributed by atoms with Gasteiger partial charge < -0.3 is 10.1 Å². The Morgan fingerprint density at radius 3 is 2.76 bits per heavy atom. The summed E-state index contributed by atoms with van der Waals surface area (Å²) in [6.07, 6.45) is 0. The van der Waals surface area contributed by atoms with Crippen LogP contribution in [0.15, 0.2) is 42.5 Å². The highest BCUT2D eigenvalue weighted by atomic mass is 35.5. The number of anilines is 2. The molecule has 0 bridgehead atoms. The number of carbonyl (C=O) groups is 3. The van der Waals surface area contributed by atoms with E-state index in [0.29, 0.717) is 11.4 Å². The third kappa shape index (κ3) is 3.61. The predicted molar refractivity (Wildman–Crippen MR) is 89.1 cm³/mol. The van der Waals surface area contributed by atoms with Crippen LogP contribution in [-0.2, 0) is 14.3 Å². The van der Waals surface area contributed by atoms with Crippen LogP contribution in [0.4, 0.5) is 15.8 Å². The Hall–Kier alpha value is -2.93. The molecule has 0 unspecified atom stereocenters. The summed E-state index contributed by atoms with van der Waals surface area (Å²) in [4.78, 5) is 37.3. The average Bonchev–Trinajstić information content (AvgIpc) is 2.58. The first-order valence-electron chi connectivity index (χ1n) is 7.27. The van der Waals surface area contributed by atoms with Crippen LogP contribution >= 0.6 is 11.6 Å². The minimum atomic E-state index is -0.854. The van der Waals surface area contributed by atoms with Gasteiger partial charge in [0.2, 0.25) is 5.91 Å². The van der Waals surface area contributed by atoms with Gasteiger partial charge in [0.25, 0.3) is 5.91 Å². The summed E-state index contributed by atoms with van der Waals surface area (Å²) in [5.74, 6) is -2.35. The van der Waals surface area contributed by atoms with E-state index in [4.69, 9.17) is 16.3 Å². The Morgan fingerprint density at radius 1 is 1.24 bits per heavy atom. The van der Waals surface area contributed by atoms with Crippen molar-refractivity contribution >= 4 is 40.8 Å². The maximum absolute atomic E-state index is 13.0. The zero-order valence-corrected chi connectivity index (χ0v) is 13.5. The van der Waals surface area contributed by atoms with Gasteiger partial charge >= 0.3 is 5.97 Å². The van der Waals surface area contributed by atoms with Crippen LogP contribution < -0.4 is 10.2 Å². The van der Waals surface area contributed by atoms with Crippen LogP contribution in [0.3, 0.4) is 0 Å². The summed E-state index contributed by atoms with van der Waals surface area (Å²) in [6, 6.07) is 10.0. The third-order valence-corrected chi connectivity index (χ3v) is 3.86. The van der Waals surface area contributed by atoms with Crippen molar-refractivity contribution in [2.75, 3.05) is 23.4 Å². The van der Waals surface area contributed by atoms with Gasteiger partial charge in [-0.25, -0.2) is 9.18 Å². The Morgan fingerprint density at radius 2 is 2.00 bits per heavy atom. The van der Waals surface area contributed by atoms with Crippen LogP contribution in [0.2, 0.25) is 5.02 Å². The van der Waals surface area contributed by atoms with Crippen LogP contribution in [-0.4, -0.2) is 30.9 Å². The topological polar surface area (TPSA) is 75.7 Å². The van der Waals surface area contributed by atoms with Crippen molar-refractivity contribution < 1.29 is 23.5 Å². The third-order valence-electron chi connectivity index (χ3n) is 3.55. The van der Waals surface area contributed by atoms with Gasteiger partial charge in [-0.2, -0.15) is 0 Å². The summed E-state index contributed by atoms with van der Waals surface area (Å²) in [5, 5.41) is 2.54. The average molecular weight is 363 g/mol. The van der Waals surface area contributed by atoms with Gasteiger partial charge in [-0.05, 0) is 30.3 Å². The molecular formula is C17H12ClFN2O4. The molecule has 2 amide bonds. The van der Waals surface area contributed by atoms with Crippen LogP contribution in [0.1, 0.15) is 10.4 Å². The van der Waals surface area contributed by atoms with Crippen molar-refractivity contribution in [1.29, 1.82) is 0 Å². The number of nitrogens with zero attached hydrogens (tertiary/aromatic N) is 1. The van der Waals surface area contributed by atoms with Crippen molar-refractivity contribution in [2.45, 2.75) is 0 Å². The van der Waals surface area contributed by atoms with Gasteiger partial charge in [-0.3, -0.25) is 14.5 Å². The van der Waals surface area contributed by atoms with Crippen LogP contribution in [0.5, 0.6) is 0 Å². The molecule has 0 aliphatic carbocycles. The molecule has 0 radical (unpaired) electrons. The number of halogens is 2. The summed E-state index contributed by atoms with van der Waals surface area (Å²) in [5.41, 5.74) is 0.968.